The van der Waals surface area contributed by atoms with Crippen molar-refractivity contribution in [3.8, 4) is 0 Å². The Morgan fingerprint density at radius 3 is 2.64 bits per heavy atom. The Labute approximate surface area is 139 Å². The van der Waals surface area contributed by atoms with Gasteiger partial charge in [0.2, 0.25) is 0 Å². The second-order valence-electron chi connectivity index (χ2n) is 5.28. The van der Waals surface area contributed by atoms with Gasteiger partial charge in [0.1, 0.15) is 0 Å². The van der Waals surface area contributed by atoms with Crippen LogP contribution >= 0.6 is 27.5 Å². The molecule has 1 N–H and O–H groups in total. The van der Waals surface area contributed by atoms with Gasteiger partial charge < -0.3 is 5.32 Å². The maximum Gasteiger partial charge on any atom is 0.418 e. The van der Waals surface area contributed by atoms with Crippen LogP contribution in [0.25, 0.3) is 0 Å². The maximum absolute atomic E-state index is 13.3. The lowest BCUT2D eigenvalue weighted by atomic mass is 9.91. The van der Waals surface area contributed by atoms with Crippen molar-refractivity contribution in [2.24, 2.45) is 0 Å². The molecular weight excluding hydrogens is 379 g/mol. The van der Waals surface area contributed by atoms with Crippen LogP contribution in [0.15, 0.2) is 40.9 Å². The first-order valence-corrected chi connectivity index (χ1v) is 7.93. The smallest absolute Gasteiger partial charge is 0.378 e. The first-order valence-electron chi connectivity index (χ1n) is 6.76. The quantitative estimate of drug-likeness (QED) is 0.609. The average molecular weight is 391 g/mol. The summed E-state index contributed by atoms with van der Waals surface area (Å²) >= 11 is 9.13. The van der Waals surface area contributed by atoms with Gasteiger partial charge in [-0.25, -0.2) is 0 Å². The van der Waals surface area contributed by atoms with Gasteiger partial charge in [-0.15, -0.1) is 0 Å². The first kappa shape index (κ1) is 15.7. The Bertz CT molecular complexity index is 715. The third kappa shape index (κ3) is 3.10. The Morgan fingerprint density at radius 2 is 1.95 bits per heavy atom. The number of halogens is 5. The van der Waals surface area contributed by atoms with Crippen LogP contribution in [0.4, 0.5) is 18.9 Å². The van der Waals surface area contributed by atoms with Gasteiger partial charge in [0.15, 0.2) is 0 Å². The number of rotatable bonds is 1. The monoisotopic (exact) mass is 389 g/mol. The highest BCUT2D eigenvalue weighted by Gasteiger charge is 2.36. The van der Waals surface area contributed by atoms with Crippen molar-refractivity contribution in [3.05, 3.63) is 62.6 Å². The van der Waals surface area contributed by atoms with E-state index in [2.05, 4.69) is 21.2 Å². The molecular formula is C16H12BrClF3N. The summed E-state index contributed by atoms with van der Waals surface area (Å²) < 4.78 is 40.2. The summed E-state index contributed by atoms with van der Waals surface area (Å²) in [5, 5.41) is 3.62. The van der Waals surface area contributed by atoms with Gasteiger partial charge in [-0.1, -0.05) is 39.7 Å². The summed E-state index contributed by atoms with van der Waals surface area (Å²) in [5.41, 5.74) is 1.12. The second-order valence-corrected chi connectivity index (χ2v) is 6.63. The van der Waals surface area contributed by atoms with Crippen LogP contribution in [0.2, 0.25) is 5.02 Å². The summed E-state index contributed by atoms with van der Waals surface area (Å²) in [6, 6.07) is 9.91. The summed E-state index contributed by atoms with van der Waals surface area (Å²) in [6.07, 6.45) is -3.08. The van der Waals surface area contributed by atoms with Crippen LogP contribution in [-0.4, -0.2) is 0 Å². The lowest BCUT2D eigenvalue weighted by Gasteiger charge is -2.30. The lowest BCUT2D eigenvalue weighted by molar-refractivity contribution is -0.137. The third-order valence-corrected chi connectivity index (χ3v) is 4.46. The van der Waals surface area contributed by atoms with Crippen LogP contribution in [-0.2, 0) is 12.6 Å². The van der Waals surface area contributed by atoms with E-state index < -0.39 is 11.7 Å². The van der Waals surface area contributed by atoms with Crippen molar-refractivity contribution in [2.75, 3.05) is 5.32 Å². The molecule has 1 heterocycles. The van der Waals surface area contributed by atoms with Crippen LogP contribution < -0.4 is 5.32 Å². The van der Waals surface area contributed by atoms with Gasteiger partial charge in [-0.2, -0.15) is 13.2 Å². The Hall–Kier alpha value is -1.20. The van der Waals surface area contributed by atoms with E-state index in [0.717, 1.165) is 18.1 Å². The van der Waals surface area contributed by atoms with E-state index in [1.807, 2.05) is 6.07 Å². The lowest BCUT2D eigenvalue weighted by Crippen LogP contribution is -2.22. The fourth-order valence-corrected chi connectivity index (χ4v) is 3.48. The molecule has 1 aliphatic heterocycles. The molecule has 0 aliphatic carbocycles. The number of nitrogens with one attached hydrogen (secondary N) is 1. The molecule has 0 fully saturated rings. The number of hydrogen-bond donors (Lipinski definition) is 1. The fraction of sp³-hybridized carbons (Fsp3) is 0.250. The highest BCUT2D eigenvalue weighted by molar-refractivity contribution is 9.10. The minimum absolute atomic E-state index is 0.173. The number of alkyl halides is 3. The van der Waals surface area contributed by atoms with Crippen LogP contribution in [0.1, 0.15) is 29.2 Å². The molecule has 1 nitrogen and oxygen atoms in total. The minimum atomic E-state index is -4.39. The molecule has 0 saturated carbocycles. The van der Waals surface area contributed by atoms with Gasteiger partial charge in [0.05, 0.1) is 17.3 Å². The summed E-state index contributed by atoms with van der Waals surface area (Å²) in [5.74, 6) is 0. The molecule has 0 spiro atoms. The standard InChI is InChI=1S/C16H12BrClF3N/c17-11-6-10-4-5-14(9-2-1-3-12(18)7-9)22-15(10)13(8-11)16(19,20)21/h1-3,6-8,14,22H,4-5H2. The normalized spacial score (nSPS) is 17.8. The molecule has 1 atom stereocenters. The molecule has 6 heteroatoms. The Morgan fingerprint density at radius 1 is 1.18 bits per heavy atom. The highest BCUT2D eigenvalue weighted by Crippen LogP contribution is 2.43. The molecule has 22 heavy (non-hydrogen) atoms. The molecule has 116 valence electrons. The molecule has 0 amide bonds. The second kappa shape index (κ2) is 5.78. The van der Waals surface area contributed by atoms with Crippen molar-refractivity contribution >= 4 is 33.2 Å². The van der Waals surface area contributed by atoms with Crippen LogP contribution in [0.5, 0.6) is 0 Å². The summed E-state index contributed by atoms with van der Waals surface area (Å²) in [7, 11) is 0. The van der Waals surface area contributed by atoms with Gasteiger partial charge >= 0.3 is 6.18 Å². The topological polar surface area (TPSA) is 12.0 Å². The molecule has 0 bridgehead atoms. The van der Waals surface area contributed by atoms with Crippen molar-refractivity contribution in [3.63, 3.8) is 0 Å². The highest BCUT2D eigenvalue weighted by atomic mass is 79.9. The Balaban J connectivity index is 2.02. The third-order valence-electron chi connectivity index (χ3n) is 3.76. The van der Waals surface area contributed by atoms with Crippen molar-refractivity contribution in [2.45, 2.75) is 25.1 Å². The number of benzene rings is 2. The zero-order valence-corrected chi connectivity index (χ0v) is 13.7. The SMILES string of the molecule is FC(F)(F)c1cc(Br)cc2c1NC(c1cccc(Cl)c1)CC2. The van der Waals surface area contributed by atoms with E-state index in [1.165, 1.54) is 0 Å². The van der Waals surface area contributed by atoms with Gasteiger partial charge in [0.25, 0.3) is 0 Å². The minimum Gasteiger partial charge on any atom is -0.378 e. The van der Waals surface area contributed by atoms with Crippen LogP contribution in [0.3, 0.4) is 0 Å². The maximum atomic E-state index is 13.3. The average Bonchev–Trinajstić information content (AvgIpc) is 2.45. The molecule has 0 radical (unpaired) electrons. The largest absolute Gasteiger partial charge is 0.418 e. The predicted octanol–water partition coefficient (Wildman–Crippen LogP) is 6.22. The zero-order valence-electron chi connectivity index (χ0n) is 11.3. The van der Waals surface area contributed by atoms with E-state index in [9.17, 15) is 13.2 Å². The first-order chi connectivity index (χ1) is 10.3. The summed E-state index contributed by atoms with van der Waals surface area (Å²) in [6.45, 7) is 0. The van der Waals surface area contributed by atoms with Gasteiger partial charge in [-0.3, -0.25) is 0 Å². The van der Waals surface area contributed by atoms with E-state index >= 15 is 0 Å². The van der Waals surface area contributed by atoms with Crippen LogP contribution in [0, 0.1) is 0 Å². The van der Waals surface area contributed by atoms with Gasteiger partial charge in [-0.05, 0) is 48.2 Å². The fourth-order valence-electron chi connectivity index (χ4n) is 2.77. The van der Waals surface area contributed by atoms with Crippen molar-refractivity contribution < 1.29 is 13.2 Å². The summed E-state index contributed by atoms with van der Waals surface area (Å²) in [4.78, 5) is 0. The molecule has 1 aliphatic rings. The molecule has 3 rings (SSSR count). The number of fused-ring (bicyclic) bond motifs is 1. The molecule has 2 aromatic rings. The number of aryl methyl sites for hydroxylation is 1. The van der Waals surface area contributed by atoms with E-state index in [4.69, 9.17) is 11.6 Å². The molecule has 1 unspecified atom stereocenters. The van der Waals surface area contributed by atoms with Crippen molar-refractivity contribution in [1.29, 1.82) is 0 Å². The number of anilines is 1. The van der Waals surface area contributed by atoms with E-state index in [0.29, 0.717) is 21.5 Å². The molecule has 0 aromatic heterocycles. The molecule has 2 aromatic carbocycles. The van der Waals surface area contributed by atoms with E-state index in [-0.39, 0.29) is 11.7 Å². The predicted molar refractivity (Wildman–Crippen MR) is 85.3 cm³/mol. The number of hydrogen-bond acceptors (Lipinski definition) is 1. The zero-order chi connectivity index (χ0) is 15.9. The molecule has 0 saturated heterocycles. The Kier molecular flexibility index (Phi) is 4.12. The van der Waals surface area contributed by atoms with Crippen molar-refractivity contribution in [1.82, 2.24) is 0 Å². The van der Waals surface area contributed by atoms with E-state index in [1.54, 1.807) is 24.3 Å². The van der Waals surface area contributed by atoms with Gasteiger partial charge in [0, 0.05) is 9.50 Å².